The van der Waals surface area contributed by atoms with Crippen LogP contribution in [0.2, 0.25) is 0 Å². The number of rotatable bonds is 3. The van der Waals surface area contributed by atoms with E-state index in [4.69, 9.17) is 5.11 Å². The van der Waals surface area contributed by atoms with Crippen LogP contribution in [0.15, 0.2) is 24.3 Å². The highest BCUT2D eigenvalue weighted by Gasteiger charge is 2.21. The van der Waals surface area contributed by atoms with E-state index in [1.54, 1.807) is 24.0 Å². The predicted octanol–water partition coefficient (Wildman–Crippen LogP) is 2.08. The number of carboxylic acid groups (broad SMARTS) is 1. The van der Waals surface area contributed by atoms with Gasteiger partial charge in [-0.1, -0.05) is 18.2 Å². The van der Waals surface area contributed by atoms with Crippen LogP contribution in [-0.2, 0) is 16.0 Å². The summed E-state index contributed by atoms with van der Waals surface area (Å²) in [4.78, 5) is 23.6. The summed E-state index contributed by atoms with van der Waals surface area (Å²) in [6, 6.07) is 5.83. The summed E-state index contributed by atoms with van der Waals surface area (Å²) in [7, 11) is 0. The molecule has 4 heteroatoms. The van der Waals surface area contributed by atoms with E-state index in [1.165, 1.54) is 0 Å². The summed E-state index contributed by atoms with van der Waals surface area (Å²) in [6.07, 6.45) is 4.30. The lowest BCUT2D eigenvalue weighted by Gasteiger charge is -2.14. The maximum absolute atomic E-state index is 11.4. The third kappa shape index (κ3) is 2.59. The minimum Gasteiger partial charge on any atom is -0.481 e. The zero-order valence-electron chi connectivity index (χ0n) is 10.2. The molecule has 1 N–H and O–H groups in total. The topological polar surface area (TPSA) is 57.6 Å². The highest BCUT2D eigenvalue weighted by atomic mass is 16.4. The molecule has 2 rings (SSSR count). The first-order chi connectivity index (χ1) is 8.58. The second kappa shape index (κ2) is 5.04. The molecule has 1 aliphatic heterocycles. The van der Waals surface area contributed by atoms with Crippen molar-refractivity contribution in [2.75, 3.05) is 11.4 Å². The fourth-order valence-corrected chi connectivity index (χ4v) is 2.15. The Kier molecular flexibility index (Phi) is 3.46. The third-order valence-electron chi connectivity index (χ3n) is 2.98. The number of nitrogens with zero attached hydrogens (tertiary/aromatic N) is 1. The van der Waals surface area contributed by atoms with E-state index in [1.807, 2.05) is 18.2 Å². The monoisotopic (exact) mass is 245 g/mol. The molecule has 0 saturated carbocycles. The lowest BCUT2D eigenvalue weighted by Crippen LogP contribution is -2.25. The number of carbonyl (C=O) groups excluding carboxylic acids is 1. The van der Waals surface area contributed by atoms with Gasteiger partial charge < -0.3 is 10.0 Å². The zero-order valence-corrected chi connectivity index (χ0v) is 10.2. The standard InChI is InChI=1S/C14H15NO3/c1-10(16)15-8-7-12-9-11(5-6-13(12)15)3-2-4-14(17)18/h2-3,5-6,9H,4,7-8H2,1H3,(H,17,18). The molecule has 0 bridgehead atoms. The van der Waals surface area contributed by atoms with E-state index in [2.05, 4.69) is 0 Å². The van der Waals surface area contributed by atoms with Gasteiger partial charge in [-0.3, -0.25) is 9.59 Å². The van der Waals surface area contributed by atoms with Crippen molar-refractivity contribution in [2.24, 2.45) is 0 Å². The van der Waals surface area contributed by atoms with E-state index >= 15 is 0 Å². The summed E-state index contributed by atoms with van der Waals surface area (Å²) in [5, 5.41) is 8.55. The number of carboxylic acids is 1. The first-order valence-corrected chi connectivity index (χ1v) is 5.87. The first kappa shape index (κ1) is 12.4. The van der Waals surface area contributed by atoms with Gasteiger partial charge in [0.2, 0.25) is 5.91 Å². The Morgan fingerprint density at radius 3 is 2.89 bits per heavy atom. The number of benzene rings is 1. The van der Waals surface area contributed by atoms with Gasteiger partial charge in [0.25, 0.3) is 0 Å². The molecule has 0 aliphatic carbocycles. The second-order valence-corrected chi connectivity index (χ2v) is 4.31. The van der Waals surface area contributed by atoms with Gasteiger partial charge in [0, 0.05) is 19.2 Å². The van der Waals surface area contributed by atoms with Gasteiger partial charge in [-0.2, -0.15) is 0 Å². The van der Waals surface area contributed by atoms with Crippen molar-refractivity contribution in [1.82, 2.24) is 0 Å². The van der Waals surface area contributed by atoms with Crippen LogP contribution < -0.4 is 4.90 Å². The molecule has 0 atom stereocenters. The Morgan fingerprint density at radius 2 is 2.22 bits per heavy atom. The molecule has 94 valence electrons. The lowest BCUT2D eigenvalue weighted by atomic mass is 10.1. The number of hydrogen-bond donors (Lipinski definition) is 1. The Morgan fingerprint density at radius 1 is 1.44 bits per heavy atom. The summed E-state index contributed by atoms with van der Waals surface area (Å²) in [5.74, 6) is -0.780. The number of fused-ring (bicyclic) bond motifs is 1. The van der Waals surface area contributed by atoms with Crippen molar-refractivity contribution >= 4 is 23.6 Å². The van der Waals surface area contributed by atoms with E-state index in [0.717, 1.165) is 29.8 Å². The van der Waals surface area contributed by atoms with Gasteiger partial charge >= 0.3 is 5.97 Å². The van der Waals surface area contributed by atoms with Crippen molar-refractivity contribution in [3.8, 4) is 0 Å². The summed E-state index contributed by atoms with van der Waals surface area (Å²) in [5.41, 5.74) is 3.08. The molecule has 1 amide bonds. The SMILES string of the molecule is CC(=O)N1CCc2cc(C=CCC(=O)O)ccc21. The Hall–Kier alpha value is -2.10. The quantitative estimate of drug-likeness (QED) is 0.887. The predicted molar refractivity (Wildman–Crippen MR) is 69.5 cm³/mol. The minimum absolute atomic E-state index is 0.0245. The van der Waals surface area contributed by atoms with Crippen LogP contribution in [0.25, 0.3) is 6.08 Å². The number of carbonyl (C=O) groups is 2. The highest BCUT2D eigenvalue weighted by molar-refractivity contribution is 5.94. The first-order valence-electron chi connectivity index (χ1n) is 5.87. The maximum Gasteiger partial charge on any atom is 0.307 e. The van der Waals surface area contributed by atoms with Crippen molar-refractivity contribution < 1.29 is 14.7 Å². The van der Waals surface area contributed by atoms with E-state index in [-0.39, 0.29) is 12.3 Å². The van der Waals surface area contributed by atoms with E-state index in [0.29, 0.717) is 0 Å². The molecular formula is C14H15NO3. The highest BCUT2D eigenvalue weighted by Crippen LogP contribution is 2.29. The van der Waals surface area contributed by atoms with Crippen LogP contribution in [0.5, 0.6) is 0 Å². The van der Waals surface area contributed by atoms with Gasteiger partial charge in [-0.15, -0.1) is 0 Å². The molecule has 0 aromatic heterocycles. The van der Waals surface area contributed by atoms with Crippen molar-refractivity contribution in [3.63, 3.8) is 0 Å². The van der Waals surface area contributed by atoms with Crippen LogP contribution in [0.1, 0.15) is 24.5 Å². The molecule has 0 saturated heterocycles. The number of amides is 1. The fraction of sp³-hybridized carbons (Fsp3) is 0.286. The molecule has 0 fully saturated rings. The molecule has 1 aromatic carbocycles. The maximum atomic E-state index is 11.4. The Balaban J connectivity index is 2.17. The van der Waals surface area contributed by atoms with Crippen LogP contribution in [0.3, 0.4) is 0 Å². The Bertz CT molecular complexity index is 520. The van der Waals surface area contributed by atoms with Crippen LogP contribution in [-0.4, -0.2) is 23.5 Å². The van der Waals surface area contributed by atoms with Crippen molar-refractivity contribution in [2.45, 2.75) is 19.8 Å². The molecular weight excluding hydrogens is 230 g/mol. The average Bonchev–Trinajstić information content (AvgIpc) is 2.71. The molecule has 1 aliphatic rings. The van der Waals surface area contributed by atoms with Gasteiger partial charge in [0.15, 0.2) is 0 Å². The minimum atomic E-state index is -0.838. The number of hydrogen-bond acceptors (Lipinski definition) is 2. The molecule has 18 heavy (non-hydrogen) atoms. The normalized spacial score (nSPS) is 13.9. The second-order valence-electron chi connectivity index (χ2n) is 4.31. The number of aliphatic carboxylic acids is 1. The van der Waals surface area contributed by atoms with Crippen LogP contribution in [0.4, 0.5) is 5.69 Å². The summed E-state index contributed by atoms with van der Waals surface area (Å²) < 4.78 is 0. The van der Waals surface area contributed by atoms with Gasteiger partial charge in [-0.05, 0) is 29.7 Å². The smallest absolute Gasteiger partial charge is 0.307 e. The summed E-state index contributed by atoms with van der Waals surface area (Å²) in [6.45, 7) is 2.29. The van der Waals surface area contributed by atoms with Gasteiger partial charge in [-0.25, -0.2) is 0 Å². The molecule has 0 spiro atoms. The van der Waals surface area contributed by atoms with E-state index < -0.39 is 5.97 Å². The average molecular weight is 245 g/mol. The number of anilines is 1. The molecule has 1 heterocycles. The molecule has 0 radical (unpaired) electrons. The zero-order chi connectivity index (χ0) is 13.1. The molecule has 4 nitrogen and oxygen atoms in total. The summed E-state index contributed by atoms with van der Waals surface area (Å²) >= 11 is 0. The van der Waals surface area contributed by atoms with Crippen LogP contribution >= 0.6 is 0 Å². The van der Waals surface area contributed by atoms with Gasteiger partial charge in [0.05, 0.1) is 6.42 Å². The van der Waals surface area contributed by atoms with Crippen molar-refractivity contribution in [3.05, 3.63) is 35.4 Å². The third-order valence-corrected chi connectivity index (χ3v) is 2.98. The lowest BCUT2D eigenvalue weighted by molar-refractivity contribution is -0.136. The fourth-order valence-electron chi connectivity index (χ4n) is 2.15. The van der Waals surface area contributed by atoms with E-state index in [9.17, 15) is 9.59 Å². The molecule has 0 unspecified atom stereocenters. The Labute approximate surface area is 106 Å². The van der Waals surface area contributed by atoms with Crippen LogP contribution in [0, 0.1) is 0 Å². The molecule has 1 aromatic rings. The largest absolute Gasteiger partial charge is 0.481 e. The van der Waals surface area contributed by atoms with Gasteiger partial charge in [0.1, 0.15) is 0 Å². The van der Waals surface area contributed by atoms with Crippen molar-refractivity contribution in [1.29, 1.82) is 0 Å².